The molecule has 0 saturated carbocycles. The first-order valence-corrected chi connectivity index (χ1v) is 11.0. The molecule has 10 heteroatoms. The number of rotatable bonds is 7. The molecule has 0 spiro atoms. The molecule has 1 aliphatic heterocycles. The van der Waals surface area contributed by atoms with E-state index in [0.717, 1.165) is 24.2 Å². The van der Waals surface area contributed by atoms with Gasteiger partial charge in [-0.3, -0.25) is 9.52 Å². The molecule has 1 aromatic heterocycles. The van der Waals surface area contributed by atoms with Gasteiger partial charge in [0.15, 0.2) is 0 Å². The predicted molar refractivity (Wildman–Crippen MR) is 104 cm³/mol. The number of benzene rings is 1. The molecule has 0 unspecified atom stereocenters. The second-order valence-electron chi connectivity index (χ2n) is 6.10. The monoisotopic (exact) mass is 424 g/mol. The Balaban J connectivity index is 1.80. The Kier molecular flexibility index (Phi) is 6.32. The number of methoxy groups -OCH3 is 1. The first-order valence-electron chi connectivity index (χ1n) is 8.60. The summed E-state index contributed by atoms with van der Waals surface area (Å²) in [6, 6.07) is 7.59. The van der Waals surface area contributed by atoms with Gasteiger partial charge in [0.05, 0.1) is 24.5 Å². The second-order valence-corrected chi connectivity index (χ2v) is 8.67. The van der Waals surface area contributed by atoms with Crippen LogP contribution in [0.5, 0.6) is 0 Å². The summed E-state index contributed by atoms with van der Waals surface area (Å²) in [5.74, 6) is -1.15. The molecule has 8 nitrogen and oxygen atoms in total. The summed E-state index contributed by atoms with van der Waals surface area (Å²) in [5, 5.41) is 4.26. The van der Waals surface area contributed by atoms with Gasteiger partial charge in [-0.25, -0.2) is 13.2 Å². The molecule has 0 bridgehead atoms. The first kappa shape index (κ1) is 20.3. The number of sulfonamides is 1. The van der Waals surface area contributed by atoms with Crippen molar-refractivity contribution in [1.82, 2.24) is 5.32 Å². The molecule has 2 heterocycles. The molecule has 2 N–H and O–H groups in total. The summed E-state index contributed by atoms with van der Waals surface area (Å²) in [6.07, 6.45) is 1.81. The minimum atomic E-state index is -4.09. The van der Waals surface area contributed by atoms with E-state index in [1.807, 2.05) is 0 Å². The maximum absolute atomic E-state index is 12.8. The fourth-order valence-corrected chi connectivity index (χ4v) is 5.24. The highest BCUT2D eigenvalue weighted by atomic mass is 32.2. The lowest BCUT2D eigenvalue weighted by Gasteiger charge is -2.14. The molecule has 1 fully saturated rings. The van der Waals surface area contributed by atoms with Crippen LogP contribution in [0.4, 0.5) is 5.69 Å². The van der Waals surface area contributed by atoms with E-state index in [2.05, 4.69) is 14.8 Å². The van der Waals surface area contributed by atoms with Gasteiger partial charge in [0.25, 0.3) is 15.9 Å². The third kappa shape index (κ3) is 4.51. The van der Waals surface area contributed by atoms with E-state index in [1.165, 1.54) is 30.7 Å². The number of thiophene rings is 1. The van der Waals surface area contributed by atoms with Crippen LogP contribution in [0.2, 0.25) is 0 Å². The van der Waals surface area contributed by atoms with Crippen molar-refractivity contribution in [3.63, 3.8) is 0 Å². The Labute approximate surface area is 166 Å². The van der Waals surface area contributed by atoms with Crippen molar-refractivity contribution in [1.29, 1.82) is 0 Å². The van der Waals surface area contributed by atoms with Crippen molar-refractivity contribution in [2.75, 3.05) is 25.0 Å². The van der Waals surface area contributed by atoms with Crippen LogP contribution >= 0.6 is 11.3 Å². The number of amides is 1. The molecule has 1 amide bonds. The van der Waals surface area contributed by atoms with Gasteiger partial charge in [-0.05, 0) is 36.4 Å². The van der Waals surface area contributed by atoms with E-state index in [9.17, 15) is 18.0 Å². The molecular formula is C18H20N2O6S2. The number of nitrogens with one attached hydrogen (secondary N) is 2. The molecule has 1 aliphatic rings. The highest BCUT2D eigenvalue weighted by molar-refractivity contribution is 7.93. The molecule has 1 saturated heterocycles. The third-order valence-corrected chi connectivity index (χ3v) is 6.65. The lowest BCUT2D eigenvalue weighted by Crippen LogP contribution is -2.32. The zero-order valence-electron chi connectivity index (χ0n) is 15.1. The molecule has 2 aromatic rings. The highest BCUT2D eigenvalue weighted by Crippen LogP contribution is 2.26. The number of hydrogen-bond acceptors (Lipinski definition) is 7. The molecule has 0 radical (unpaired) electrons. The summed E-state index contributed by atoms with van der Waals surface area (Å²) < 4.78 is 38.1. The summed E-state index contributed by atoms with van der Waals surface area (Å²) >= 11 is 0.965. The Bertz CT molecular complexity index is 964. The van der Waals surface area contributed by atoms with E-state index in [1.54, 1.807) is 12.1 Å². The first-order chi connectivity index (χ1) is 13.4. The van der Waals surface area contributed by atoms with E-state index in [0.29, 0.717) is 13.2 Å². The van der Waals surface area contributed by atoms with Crippen LogP contribution in [-0.4, -0.2) is 46.7 Å². The zero-order chi connectivity index (χ0) is 20.1. The van der Waals surface area contributed by atoms with Crippen molar-refractivity contribution in [2.45, 2.75) is 23.8 Å². The number of para-hydroxylation sites is 1. The van der Waals surface area contributed by atoms with Crippen molar-refractivity contribution in [3.05, 3.63) is 46.2 Å². The highest BCUT2D eigenvalue weighted by Gasteiger charge is 2.26. The lowest BCUT2D eigenvalue weighted by atomic mass is 10.1. The number of esters is 1. The average molecular weight is 425 g/mol. The molecule has 0 aliphatic carbocycles. The molecule has 1 aromatic carbocycles. The average Bonchev–Trinajstić information content (AvgIpc) is 3.37. The SMILES string of the molecule is COC(=O)c1sccc1S(=O)(=O)Nc1ccccc1C(=O)NC[C@@H]1CCCO1. The van der Waals surface area contributed by atoms with Crippen molar-refractivity contribution in [2.24, 2.45) is 0 Å². The Hall–Kier alpha value is -2.43. The van der Waals surface area contributed by atoms with E-state index >= 15 is 0 Å². The van der Waals surface area contributed by atoms with Crippen LogP contribution < -0.4 is 10.0 Å². The van der Waals surface area contributed by atoms with E-state index in [-0.39, 0.29) is 27.1 Å². The van der Waals surface area contributed by atoms with Crippen LogP contribution in [0.25, 0.3) is 0 Å². The largest absolute Gasteiger partial charge is 0.465 e. The van der Waals surface area contributed by atoms with Gasteiger partial charge < -0.3 is 14.8 Å². The smallest absolute Gasteiger partial charge is 0.349 e. The van der Waals surface area contributed by atoms with Gasteiger partial charge in [-0.1, -0.05) is 12.1 Å². The number of carbonyl (C=O) groups is 2. The Morgan fingerprint density at radius 2 is 2.07 bits per heavy atom. The topological polar surface area (TPSA) is 111 Å². The maximum atomic E-state index is 12.8. The minimum Gasteiger partial charge on any atom is -0.465 e. The van der Waals surface area contributed by atoms with Gasteiger partial charge in [0.2, 0.25) is 0 Å². The molecule has 1 atom stereocenters. The Morgan fingerprint density at radius 1 is 1.29 bits per heavy atom. The normalized spacial score (nSPS) is 16.5. The van der Waals surface area contributed by atoms with Gasteiger partial charge in [-0.2, -0.15) is 0 Å². The lowest BCUT2D eigenvalue weighted by molar-refractivity contribution is 0.0602. The second kappa shape index (κ2) is 8.72. The van der Waals surface area contributed by atoms with Gasteiger partial charge in [0, 0.05) is 13.2 Å². The quantitative estimate of drug-likeness (QED) is 0.660. The predicted octanol–water partition coefficient (Wildman–Crippen LogP) is 2.24. The molecule has 3 rings (SSSR count). The zero-order valence-corrected chi connectivity index (χ0v) is 16.8. The molecule has 150 valence electrons. The molecular weight excluding hydrogens is 404 g/mol. The Morgan fingerprint density at radius 3 is 2.79 bits per heavy atom. The van der Waals surface area contributed by atoms with Gasteiger partial charge in [0.1, 0.15) is 9.77 Å². The van der Waals surface area contributed by atoms with Gasteiger partial charge >= 0.3 is 5.97 Å². The van der Waals surface area contributed by atoms with Crippen LogP contribution in [0.3, 0.4) is 0 Å². The molecule has 28 heavy (non-hydrogen) atoms. The number of carbonyl (C=O) groups excluding carboxylic acids is 2. The number of ether oxygens (including phenoxy) is 2. The summed E-state index contributed by atoms with van der Waals surface area (Å²) in [5.41, 5.74) is 0.299. The van der Waals surface area contributed by atoms with E-state index < -0.39 is 21.9 Å². The van der Waals surface area contributed by atoms with Crippen molar-refractivity contribution in [3.8, 4) is 0 Å². The standard InChI is InChI=1S/C18H20N2O6S2/c1-25-18(22)16-15(8-10-27-16)28(23,24)20-14-7-3-2-6-13(14)17(21)19-11-12-5-4-9-26-12/h2-3,6-8,10,12,20H,4-5,9,11H2,1H3,(H,19,21)/t12-/m0/s1. The van der Waals surface area contributed by atoms with E-state index in [4.69, 9.17) is 4.74 Å². The van der Waals surface area contributed by atoms with Crippen LogP contribution in [-0.2, 0) is 19.5 Å². The van der Waals surface area contributed by atoms with Crippen molar-refractivity contribution < 1.29 is 27.5 Å². The fraction of sp³-hybridized carbons (Fsp3) is 0.333. The summed E-state index contributed by atoms with van der Waals surface area (Å²) in [4.78, 5) is 24.1. The third-order valence-electron chi connectivity index (χ3n) is 4.22. The maximum Gasteiger partial charge on any atom is 0.349 e. The number of anilines is 1. The van der Waals surface area contributed by atoms with Crippen LogP contribution in [0.15, 0.2) is 40.6 Å². The van der Waals surface area contributed by atoms with Crippen molar-refractivity contribution >= 4 is 38.9 Å². The van der Waals surface area contributed by atoms with Crippen LogP contribution in [0, 0.1) is 0 Å². The number of hydrogen-bond donors (Lipinski definition) is 2. The van der Waals surface area contributed by atoms with Crippen LogP contribution in [0.1, 0.15) is 32.9 Å². The minimum absolute atomic E-state index is 0.0266. The summed E-state index contributed by atoms with van der Waals surface area (Å²) in [6.45, 7) is 1.04. The summed E-state index contributed by atoms with van der Waals surface area (Å²) in [7, 11) is -2.91. The fourth-order valence-electron chi connectivity index (χ4n) is 2.83. The van der Waals surface area contributed by atoms with Gasteiger partial charge in [-0.15, -0.1) is 11.3 Å².